The zero-order chi connectivity index (χ0) is 12.1. The summed E-state index contributed by atoms with van der Waals surface area (Å²) >= 11 is 0. The fourth-order valence-corrected chi connectivity index (χ4v) is 1.20. The molecule has 1 aromatic heterocycles. The summed E-state index contributed by atoms with van der Waals surface area (Å²) in [5.74, 6) is -1.20. The Balaban J connectivity index is 3.14. The Hall–Kier alpha value is -1.85. The third-order valence-electron chi connectivity index (χ3n) is 1.92. The zero-order valence-corrected chi connectivity index (χ0v) is 8.77. The first-order valence-electron chi connectivity index (χ1n) is 4.76. The number of hydrogen-bond acceptors (Lipinski definition) is 4. The normalized spacial score (nSPS) is 10.1. The Morgan fingerprint density at radius 2 is 2.31 bits per heavy atom. The van der Waals surface area contributed by atoms with E-state index in [1.807, 2.05) is 0 Å². The molecule has 1 rings (SSSR count). The second kappa shape index (κ2) is 5.29. The average Bonchev–Trinajstić information content (AvgIpc) is 2.22. The van der Waals surface area contributed by atoms with Crippen LogP contribution in [0.15, 0.2) is 17.1 Å². The average molecular weight is 229 g/mol. The number of pyridine rings is 1. The molecule has 1 N–H and O–H groups in total. The lowest BCUT2D eigenvalue weighted by molar-refractivity contribution is 0.0521. The van der Waals surface area contributed by atoms with Crippen molar-refractivity contribution >= 4 is 5.97 Å². The molecule has 0 unspecified atom stereocenters. The molecular weight excluding hydrogens is 217 g/mol. The number of esters is 1. The zero-order valence-electron chi connectivity index (χ0n) is 8.77. The number of ether oxygens (including phenoxy) is 1. The number of carbonyl (C=O) groups is 1. The van der Waals surface area contributed by atoms with Crippen LogP contribution in [0.5, 0.6) is 5.75 Å². The van der Waals surface area contributed by atoms with Crippen molar-refractivity contribution < 1.29 is 19.0 Å². The van der Waals surface area contributed by atoms with Crippen molar-refractivity contribution in [3.63, 3.8) is 0 Å². The summed E-state index contributed by atoms with van der Waals surface area (Å²) < 4.78 is 17.8. The van der Waals surface area contributed by atoms with Crippen LogP contribution in [0.25, 0.3) is 0 Å². The molecule has 0 aliphatic rings. The molecule has 0 saturated carbocycles. The maximum atomic E-state index is 12.1. The van der Waals surface area contributed by atoms with Gasteiger partial charge in [0.2, 0.25) is 0 Å². The van der Waals surface area contributed by atoms with Gasteiger partial charge in [-0.05, 0) is 6.92 Å². The summed E-state index contributed by atoms with van der Waals surface area (Å²) in [6, 6.07) is 0.863. The number of aromatic nitrogens is 1. The summed E-state index contributed by atoms with van der Waals surface area (Å²) in [6.45, 7) is 0.880. The SMILES string of the molecule is CCOC(=O)c1cn(CCF)c(=O)cc1O. The van der Waals surface area contributed by atoms with Gasteiger partial charge < -0.3 is 14.4 Å². The summed E-state index contributed by atoms with van der Waals surface area (Å²) in [7, 11) is 0. The number of rotatable bonds is 4. The molecule has 0 bridgehead atoms. The minimum atomic E-state index is -0.743. The van der Waals surface area contributed by atoms with Crippen LogP contribution in [0, 0.1) is 0 Å². The van der Waals surface area contributed by atoms with Gasteiger partial charge in [0.25, 0.3) is 5.56 Å². The van der Waals surface area contributed by atoms with E-state index < -0.39 is 24.0 Å². The summed E-state index contributed by atoms with van der Waals surface area (Å²) in [5.41, 5.74) is -0.710. The van der Waals surface area contributed by atoms with Gasteiger partial charge in [-0.25, -0.2) is 9.18 Å². The van der Waals surface area contributed by atoms with E-state index in [2.05, 4.69) is 4.74 Å². The number of nitrogens with zero attached hydrogens (tertiary/aromatic N) is 1. The highest BCUT2D eigenvalue weighted by atomic mass is 19.1. The van der Waals surface area contributed by atoms with Crippen molar-refractivity contribution in [1.82, 2.24) is 4.57 Å². The number of carbonyl (C=O) groups excluding carboxylic acids is 1. The highest BCUT2D eigenvalue weighted by molar-refractivity contribution is 5.91. The molecule has 5 nitrogen and oxygen atoms in total. The molecule has 6 heteroatoms. The Bertz CT molecular complexity index is 441. The first-order chi connectivity index (χ1) is 7.60. The molecule has 0 fully saturated rings. The first kappa shape index (κ1) is 12.2. The lowest BCUT2D eigenvalue weighted by Gasteiger charge is -2.07. The van der Waals surface area contributed by atoms with Crippen LogP contribution in [0.3, 0.4) is 0 Å². The molecule has 0 radical (unpaired) electrons. The molecule has 1 aromatic rings. The van der Waals surface area contributed by atoms with Crippen molar-refractivity contribution in [2.24, 2.45) is 0 Å². The van der Waals surface area contributed by atoms with Gasteiger partial charge in [-0.1, -0.05) is 0 Å². The fourth-order valence-electron chi connectivity index (χ4n) is 1.20. The summed E-state index contributed by atoms with van der Waals surface area (Å²) in [5, 5.41) is 9.37. The van der Waals surface area contributed by atoms with Crippen molar-refractivity contribution in [2.45, 2.75) is 13.5 Å². The van der Waals surface area contributed by atoms with Gasteiger partial charge in [-0.2, -0.15) is 0 Å². The molecular formula is C10H12FNO4. The van der Waals surface area contributed by atoms with Crippen LogP contribution < -0.4 is 5.56 Å². The lowest BCUT2D eigenvalue weighted by Crippen LogP contribution is -2.21. The minimum Gasteiger partial charge on any atom is -0.507 e. The predicted molar refractivity (Wildman–Crippen MR) is 54.3 cm³/mol. The van der Waals surface area contributed by atoms with Crippen LogP contribution in [-0.4, -0.2) is 28.9 Å². The van der Waals surface area contributed by atoms with Crippen molar-refractivity contribution in [1.29, 1.82) is 0 Å². The molecule has 0 saturated heterocycles. The molecule has 88 valence electrons. The van der Waals surface area contributed by atoms with Crippen molar-refractivity contribution in [3.05, 3.63) is 28.2 Å². The van der Waals surface area contributed by atoms with Crippen LogP contribution >= 0.6 is 0 Å². The fraction of sp³-hybridized carbons (Fsp3) is 0.400. The van der Waals surface area contributed by atoms with Crippen LogP contribution in [0.2, 0.25) is 0 Å². The Morgan fingerprint density at radius 3 is 2.88 bits per heavy atom. The van der Waals surface area contributed by atoms with Crippen LogP contribution in [0.1, 0.15) is 17.3 Å². The van der Waals surface area contributed by atoms with E-state index >= 15 is 0 Å². The van der Waals surface area contributed by atoms with E-state index in [9.17, 15) is 19.1 Å². The molecule has 0 atom stereocenters. The van der Waals surface area contributed by atoms with Gasteiger partial charge >= 0.3 is 5.97 Å². The number of aryl methyl sites for hydroxylation is 1. The highest BCUT2D eigenvalue weighted by Gasteiger charge is 2.14. The van der Waals surface area contributed by atoms with Gasteiger partial charge in [0.15, 0.2) is 0 Å². The van der Waals surface area contributed by atoms with Gasteiger partial charge in [-0.3, -0.25) is 4.79 Å². The summed E-state index contributed by atoms with van der Waals surface area (Å²) in [6.07, 6.45) is 1.09. The van der Waals surface area contributed by atoms with E-state index in [4.69, 9.17) is 0 Å². The largest absolute Gasteiger partial charge is 0.507 e. The third kappa shape index (κ3) is 2.59. The Morgan fingerprint density at radius 1 is 1.62 bits per heavy atom. The minimum absolute atomic E-state index is 0.144. The smallest absolute Gasteiger partial charge is 0.343 e. The Labute approximate surface area is 91.1 Å². The van der Waals surface area contributed by atoms with Gasteiger partial charge in [0, 0.05) is 12.3 Å². The topological polar surface area (TPSA) is 68.5 Å². The monoisotopic (exact) mass is 229 g/mol. The van der Waals surface area contributed by atoms with E-state index in [0.29, 0.717) is 0 Å². The van der Waals surface area contributed by atoms with Crippen molar-refractivity contribution in [2.75, 3.05) is 13.3 Å². The molecule has 0 amide bonds. The van der Waals surface area contributed by atoms with Crippen LogP contribution in [0.4, 0.5) is 4.39 Å². The van der Waals surface area contributed by atoms with Crippen molar-refractivity contribution in [3.8, 4) is 5.75 Å². The molecule has 0 aromatic carbocycles. The van der Waals surface area contributed by atoms with E-state index in [1.54, 1.807) is 6.92 Å². The van der Waals surface area contributed by atoms with E-state index in [-0.39, 0.29) is 18.7 Å². The summed E-state index contributed by atoms with van der Waals surface area (Å²) in [4.78, 5) is 22.6. The number of halogens is 1. The molecule has 1 heterocycles. The molecule has 16 heavy (non-hydrogen) atoms. The number of alkyl halides is 1. The number of hydrogen-bond donors (Lipinski definition) is 1. The van der Waals surface area contributed by atoms with Crippen LogP contribution in [-0.2, 0) is 11.3 Å². The molecule has 0 aliphatic carbocycles. The van der Waals surface area contributed by atoms with Gasteiger partial charge in [0.05, 0.1) is 13.2 Å². The standard InChI is InChI=1S/C10H12FNO4/c1-2-16-10(15)7-6-12(4-3-11)9(14)5-8(7)13/h5-6,13H,2-4H2,1H3. The predicted octanol–water partition coefficient (Wildman–Crippen LogP) is 0.700. The highest BCUT2D eigenvalue weighted by Crippen LogP contribution is 2.14. The maximum absolute atomic E-state index is 12.1. The second-order valence-electron chi connectivity index (χ2n) is 3.01. The molecule has 0 aliphatic heterocycles. The van der Waals surface area contributed by atoms with E-state index in [0.717, 1.165) is 16.8 Å². The number of aromatic hydroxyl groups is 1. The van der Waals surface area contributed by atoms with Gasteiger partial charge in [0.1, 0.15) is 18.0 Å². The quantitative estimate of drug-likeness (QED) is 0.771. The van der Waals surface area contributed by atoms with E-state index in [1.165, 1.54) is 0 Å². The van der Waals surface area contributed by atoms with Gasteiger partial charge in [-0.15, -0.1) is 0 Å². The lowest BCUT2D eigenvalue weighted by atomic mass is 10.2. The second-order valence-corrected chi connectivity index (χ2v) is 3.01. The first-order valence-corrected chi connectivity index (χ1v) is 4.76. The third-order valence-corrected chi connectivity index (χ3v) is 1.92. The Kier molecular flexibility index (Phi) is 4.04. The molecule has 0 spiro atoms. The maximum Gasteiger partial charge on any atom is 0.343 e.